The van der Waals surface area contributed by atoms with E-state index >= 15 is 0 Å². The van der Waals surface area contributed by atoms with Gasteiger partial charge in [-0.05, 0) is 103 Å². The fraction of sp³-hybridized carbons (Fsp3) is 0.743. The van der Waals surface area contributed by atoms with E-state index in [0.717, 1.165) is 89.9 Å². The summed E-state index contributed by atoms with van der Waals surface area (Å²) in [7, 11) is 0. The molecular weight excluding hydrogens is 985 g/mol. The van der Waals surface area contributed by atoms with Crippen molar-refractivity contribution in [1.82, 2.24) is 0 Å². The molecule has 0 aromatic carbocycles. The Bertz CT molecular complexity index is 1560. The summed E-state index contributed by atoms with van der Waals surface area (Å²) in [4.78, 5) is 38.2. The molecule has 0 saturated carbocycles. The first-order valence-electron chi connectivity index (χ1n) is 34.2. The molecule has 0 aliphatic rings. The van der Waals surface area contributed by atoms with Crippen LogP contribution in [0.1, 0.15) is 335 Å². The van der Waals surface area contributed by atoms with Crippen LogP contribution in [0.2, 0.25) is 0 Å². The van der Waals surface area contributed by atoms with Crippen LogP contribution in [-0.2, 0) is 28.6 Å². The highest BCUT2D eigenvalue weighted by Gasteiger charge is 2.19. The van der Waals surface area contributed by atoms with Crippen molar-refractivity contribution in [3.63, 3.8) is 0 Å². The van der Waals surface area contributed by atoms with Crippen molar-refractivity contribution in [2.24, 2.45) is 0 Å². The molecule has 0 amide bonds. The number of carbonyl (C=O) groups is 3. The van der Waals surface area contributed by atoms with Crippen molar-refractivity contribution in [2.45, 2.75) is 341 Å². The van der Waals surface area contributed by atoms with Crippen molar-refractivity contribution in [3.8, 4) is 0 Å². The van der Waals surface area contributed by atoms with E-state index in [1.807, 2.05) is 6.08 Å². The Kier molecular flexibility index (Phi) is 64.7. The number of rotatable bonds is 62. The minimum Gasteiger partial charge on any atom is -0.462 e. The molecule has 0 heterocycles. The standard InChI is InChI=1S/C74H128O6/c1-4-7-10-13-16-19-22-25-28-29-30-31-32-33-34-35-36-37-38-39-40-41-42-43-44-45-47-49-52-55-58-61-64-67-73(76)79-70-71(69-78-72(75)66-63-60-57-54-51-48-27-24-21-18-15-12-9-6-3)80-74(77)68-65-62-59-56-53-50-46-26-23-20-17-14-11-8-5-2/h8,11,17,20,22,24-27,29-30,46,53,56,62,65,71H,4-7,9-10,12-16,18-19,21,23,28,31-45,47-52,54-55,57-61,63-64,66-70H2,1-3H3/b11-8-,20-17-,25-22-,27-24-,30-29-,46-26-,56-53-,65-62-. The van der Waals surface area contributed by atoms with Gasteiger partial charge in [-0.2, -0.15) is 0 Å². The third-order valence-corrected chi connectivity index (χ3v) is 14.8. The number of hydrogen-bond donors (Lipinski definition) is 0. The fourth-order valence-electron chi connectivity index (χ4n) is 9.72. The van der Waals surface area contributed by atoms with Crippen LogP contribution in [0, 0.1) is 0 Å². The Morgan fingerprint density at radius 2 is 0.525 bits per heavy atom. The molecule has 0 fully saturated rings. The highest BCUT2D eigenvalue weighted by Crippen LogP contribution is 2.17. The lowest BCUT2D eigenvalue weighted by atomic mass is 10.0. The van der Waals surface area contributed by atoms with E-state index < -0.39 is 12.1 Å². The number of allylic oxidation sites excluding steroid dienone is 15. The molecule has 1 unspecified atom stereocenters. The normalized spacial score (nSPS) is 12.7. The summed E-state index contributed by atoms with van der Waals surface area (Å²) in [5, 5.41) is 0. The Hall–Kier alpha value is -3.67. The summed E-state index contributed by atoms with van der Waals surface area (Å²) in [5.74, 6) is -1.04. The molecule has 0 N–H and O–H groups in total. The SMILES string of the molecule is CC/C=C\C/C=C\C/C=C\C/C=C\C/C=C\CC(=O)OC(COC(=O)CCCCCCC/C=C\CCCCCCC)COC(=O)CCCCCCCCCCCCCCCCCCCCCCC/C=C\C/C=C\CCCCCCC. The molecule has 460 valence electrons. The number of hydrogen-bond acceptors (Lipinski definition) is 6. The maximum Gasteiger partial charge on any atom is 0.310 e. The average Bonchev–Trinajstić information content (AvgIpc) is 3.46. The van der Waals surface area contributed by atoms with Gasteiger partial charge in [0.05, 0.1) is 6.42 Å². The lowest BCUT2D eigenvalue weighted by Crippen LogP contribution is -2.30. The smallest absolute Gasteiger partial charge is 0.310 e. The largest absolute Gasteiger partial charge is 0.462 e. The van der Waals surface area contributed by atoms with Crippen LogP contribution in [0.25, 0.3) is 0 Å². The average molecular weight is 1110 g/mol. The molecule has 6 heteroatoms. The van der Waals surface area contributed by atoms with Gasteiger partial charge in [0.1, 0.15) is 13.2 Å². The summed E-state index contributed by atoms with van der Waals surface area (Å²) < 4.78 is 16.8. The van der Waals surface area contributed by atoms with Crippen molar-refractivity contribution in [2.75, 3.05) is 13.2 Å². The van der Waals surface area contributed by atoms with Gasteiger partial charge in [-0.3, -0.25) is 14.4 Å². The summed E-state index contributed by atoms with van der Waals surface area (Å²) >= 11 is 0. The monoisotopic (exact) mass is 1110 g/mol. The maximum absolute atomic E-state index is 12.8. The summed E-state index contributed by atoms with van der Waals surface area (Å²) in [5.41, 5.74) is 0. The van der Waals surface area contributed by atoms with Crippen LogP contribution in [-0.4, -0.2) is 37.2 Å². The van der Waals surface area contributed by atoms with E-state index in [2.05, 4.69) is 106 Å². The predicted octanol–water partition coefficient (Wildman–Crippen LogP) is 23.6. The van der Waals surface area contributed by atoms with Gasteiger partial charge >= 0.3 is 17.9 Å². The zero-order valence-corrected chi connectivity index (χ0v) is 52.8. The fourth-order valence-corrected chi connectivity index (χ4v) is 9.72. The maximum atomic E-state index is 12.8. The van der Waals surface area contributed by atoms with Gasteiger partial charge in [0.2, 0.25) is 0 Å². The van der Waals surface area contributed by atoms with Crippen LogP contribution in [0.4, 0.5) is 0 Å². The van der Waals surface area contributed by atoms with Gasteiger partial charge < -0.3 is 14.2 Å². The second-order valence-electron chi connectivity index (χ2n) is 22.7. The van der Waals surface area contributed by atoms with E-state index in [-0.39, 0.29) is 31.6 Å². The van der Waals surface area contributed by atoms with Gasteiger partial charge in [0.15, 0.2) is 6.10 Å². The van der Waals surface area contributed by atoms with Crippen molar-refractivity contribution in [3.05, 3.63) is 97.2 Å². The molecule has 0 bridgehead atoms. The quantitative estimate of drug-likeness (QED) is 0.0261. The topological polar surface area (TPSA) is 78.9 Å². The predicted molar refractivity (Wildman–Crippen MR) is 348 cm³/mol. The van der Waals surface area contributed by atoms with Crippen LogP contribution >= 0.6 is 0 Å². The third kappa shape index (κ3) is 65.1. The van der Waals surface area contributed by atoms with Gasteiger partial charge in [-0.1, -0.05) is 311 Å². The van der Waals surface area contributed by atoms with Gasteiger partial charge in [-0.15, -0.1) is 0 Å². The molecule has 0 rings (SSSR count). The lowest BCUT2D eigenvalue weighted by molar-refractivity contribution is -0.166. The first-order valence-corrected chi connectivity index (χ1v) is 34.2. The Morgan fingerprint density at radius 1 is 0.275 bits per heavy atom. The molecular formula is C74H128O6. The molecule has 0 saturated heterocycles. The van der Waals surface area contributed by atoms with E-state index in [1.54, 1.807) is 6.08 Å². The van der Waals surface area contributed by atoms with E-state index in [9.17, 15) is 14.4 Å². The first kappa shape index (κ1) is 76.3. The third-order valence-electron chi connectivity index (χ3n) is 14.8. The molecule has 0 radical (unpaired) electrons. The minimum atomic E-state index is -0.835. The second kappa shape index (κ2) is 67.8. The summed E-state index contributed by atoms with van der Waals surface area (Å²) in [6.07, 6.45) is 91.9. The molecule has 0 spiro atoms. The highest BCUT2D eigenvalue weighted by molar-refractivity contribution is 5.72. The van der Waals surface area contributed by atoms with Gasteiger partial charge in [0, 0.05) is 12.8 Å². The summed E-state index contributed by atoms with van der Waals surface area (Å²) in [6, 6.07) is 0. The van der Waals surface area contributed by atoms with Crippen LogP contribution < -0.4 is 0 Å². The van der Waals surface area contributed by atoms with Gasteiger partial charge in [-0.25, -0.2) is 0 Å². The van der Waals surface area contributed by atoms with E-state index in [0.29, 0.717) is 12.8 Å². The molecule has 1 atom stereocenters. The second-order valence-corrected chi connectivity index (χ2v) is 22.7. The highest BCUT2D eigenvalue weighted by atomic mass is 16.6. The number of unbranched alkanes of at least 4 members (excludes halogenated alkanes) is 36. The number of carbonyl (C=O) groups excluding carboxylic acids is 3. The van der Waals surface area contributed by atoms with Crippen LogP contribution in [0.3, 0.4) is 0 Å². The molecule has 0 aliphatic carbocycles. The number of ether oxygens (including phenoxy) is 3. The summed E-state index contributed by atoms with van der Waals surface area (Å²) in [6.45, 7) is 6.44. The van der Waals surface area contributed by atoms with Crippen LogP contribution in [0.5, 0.6) is 0 Å². The molecule has 0 aromatic rings. The molecule has 0 aliphatic heterocycles. The molecule has 80 heavy (non-hydrogen) atoms. The van der Waals surface area contributed by atoms with Crippen molar-refractivity contribution >= 4 is 17.9 Å². The minimum absolute atomic E-state index is 0.0958. The Morgan fingerprint density at radius 3 is 0.838 bits per heavy atom. The molecule has 0 aromatic heterocycles. The number of esters is 3. The first-order chi connectivity index (χ1) is 39.5. The van der Waals surface area contributed by atoms with E-state index in [1.165, 1.54) is 205 Å². The zero-order valence-electron chi connectivity index (χ0n) is 52.8. The van der Waals surface area contributed by atoms with Crippen LogP contribution in [0.15, 0.2) is 97.2 Å². The Labute approximate surface area is 496 Å². The Balaban J connectivity index is 4.19. The lowest BCUT2D eigenvalue weighted by Gasteiger charge is -2.18. The zero-order chi connectivity index (χ0) is 57.8. The van der Waals surface area contributed by atoms with E-state index in [4.69, 9.17) is 14.2 Å². The van der Waals surface area contributed by atoms with Gasteiger partial charge in [0.25, 0.3) is 0 Å². The van der Waals surface area contributed by atoms with Crippen molar-refractivity contribution in [1.29, 1.82) is 0 Å². The van der Waals surface area contributed by atoms with Crippen molar-refractivity contribution < 1.29 is 28.6 Å². The molecule has 6 nitrogen and oxygen atoms in total.